The molecule has 108 valence electrons. The fraction of sp³-hybridized carbons (Fsp3) is 0.125. The maximum Gasteiger partial charge on any atom is 0.159 e. The number of aryl methyl sites for hydroxylation is 1. The molecule has 0 bridgehead atoms. The second-order valence-corrected chi connectivity index (χ2v) is 5.96. The van der Waals surface area contributed by atoms with E-state index >= 15 is 0 Å². The van der Waals surface area contributed by atoms with Gasteiger partial charge in [-0.2, -0.15) is 0 Å². The molecule has 0 unspecified atom stereocenters. The maximum atomic E-state index is 4.74. The van der Waals surface area contributed by atoms with Crippen LogP contribution in [-0.4, -0.2) is 25.5 Å². The highest BCUT2D eigenvalue weighted by molar-refractivity contribution is 9.10. The topological polar surface area (TPSA) is 56.0 Å². The third-order valence-corrected chi connectivity index (χ3v) is 4.13. The van der Waals surface area contributed by atoms with E-state index in [9.17, 15) is 0 Å². The summed E-state index contributed by atoms with van der Waals surface area (Å²) in [5, 5.41) is 8.41. The quantitative estimate of drug-likeness (QED) is 0.675. The van der Waals surface area contributed by atoms with Crippen LogP contribution in [-0.2, 0) is 6.54 Å². The summed E-state index contributed by atoms with van der Waals surface area (Å²) in [5.74, 6) is 1.70. The molecule has 22 heavy (non-hydrogen) atoms. The first-order valence-electron chi connectivity index (χ1n) is 6.91. The first-order valence-corrected chi connectivity index (χ1v) is 7.70. The van der Waals surface area contributed by atoms with Crippen molar-refractivity contribution in [2.24, 2.45) is 4.99 Å². The Morgan fingerprint density at radius 1 is 1.14 bits per heavy atom. The van der Waals surface area contributed by atoms with Crippen LogP contribution in [0, 0.1) is 6.92 Å². The fourth-order valence-electron chi connectivity index (χ4n) is 2.67. The Morgan fingerprint density at radius 2 is 2.05 bits per heavy atom. The SMILES string of the molecule is Cc1nnc2n1-c1ccc(Br)cc1C(c1ccccn1)=NC2. The van der Waals surface area contributed by atoms with Crippen LogP contribution in [0.2, 0.25) is 0 Å². The van der Waals surface area contributed by atoms with Gasteiger partial charge in [0.1, 0.15) is 12.4 Å². The molecule has 6 heteroatoms. The highest BCUT2D eigenvalue weighted by atomic mass is 79.9. The first kappa shape index (κ1) is 13.3. The van der Waals surface area contributed by atoms with Crippen molar-refractivity contribution < 1.29 is 0 Å². The lowest BCUT2D eigenvalue weighted by Crippen LogP contribution is -2.09. The summed E-state index contributed by atoms with van der Waals surface area (Å²) in [6.07, 6.45) is 1.78. The molecular weight excluding hydrogens is 342 g/mol. The number of rotatable bonds is 1. The smallest absolute Gasteiger partial charge is 0.159 e. The molecule has 1 aromatic carbocycles. The minimum Gasteiger partial charge on any atom is -0.281 e. The zero-order valence-corrected chi connectivity index (χ0v) is 13.4. The Bertz CT molecular complexity index is 883. The molecule has 4 rings (SSSR count). The third kappa shape index (κ3) is 2.07. The molecule has 0 aliphatic carbocycles. The number of nitrogens with zero attached hydrogens (tertiary/aromatic N) is 5. The molecule has 1 aliphatic rings. The number of fused-ring (bicyclic) bond motifs is 3. The summed E-state index contributed by atoms with van der Waals surface area (Å²) in [5.41, 5.74) is 3.79. The van der Waals surface area contributed by atoms with Crippen LogP contribution in [0.25, 0.3) is 5.69 Å². The number of hydrogen-bond donors (Lipinski definition) is 0. The Morgan fingerprint density at radius 3 is 2.86 bits per heavy atom. The summed E-state index contributed by atoms with van der Waals surface area (Å²) >= 11 is 3.55. The van der Waals surface area contributed by atoms with Crippen molar-refractivity contribution in [3.05, 3.63) is 70.0 Å². The second kappa shape index (κ2) is 5.14. The van der Waals surface area contributed by atoms with Gasteiger partial charge < -0.3 is 0 Å². The fourth-order valence-corrected chi connectivity index (χ4v) is 3.03. The van der Waals surface area contributed by atoms with Gasteiger partial charge in [0, 0.05) is 16.2 Å². The van der Waals surface area contributed by atoms with Gasteiger partial charge in [-0.1, -0.05) is 22.0 Å². The molecule has 3 aromatic rings. The van der Waals surface area contributed by atoms with Crippen LogP contribution in [0.1, 0.15) is 22.9 Å². The Labute approximate surface area is 135 Å². The molecule has 3 heterocycles. The summed E-state index contributed by atoms with van der Waals surface area (Å²) in [6, 6.07) is 12.0. The van der Waals surface area contributed by atoms with Crippen molar-refractivity contribution in [2.75, 3.05) is 0 Å². The van der Waals surface area contributed by atoms with Gasteiger partial charge in [-0.3, -0.25) is 14.5 Å². The van der Waals surface area contributed by atoms with Crippen molar-refractivity contribution in [1.82, 2.24) is 19.7 Å². The number of pyridine rings is 1. The molecule has 2 aromatic heterocycles. The minimum atomic E-state index is 0.485. The van der Waals surface area contributed by atoms with Gasteiger partial charge in [0.15, 0.2) is 5.82 Å². The van der Waals surface area contributed by atoms with Crippen molar-refractivity contribution in [3.63, 3.8) is 0 Å². The van der Waals surface area contributed by atoms with Crippen molar-refractivity contribution >= 4 is 21.6 Å². The average Bonchev–Trinajstić information content (AvgIpc) is 2.82. The van der Waals surface area contributed by atoms with E-state index in [0.717, 1.165) is 38.8 Å². The Balaban J connectivity index is 2.01. The van der Waals surface area contributed by atoms with Gasteiger partial charge in [0.05, 0.1) is 17.1 Å². The molecular formula is C16H12BrN5. The van der Waals surface area contributed by atoms with Gasteiger partial charge in [0.25, 0.3) is 0 Å². The lowest BCUT2D eigenvalue weighted by Gasteiger charge is -2.12. The minimum absolute atomic E-state index is 0.485. The van der Waals surface area contributed by atoms with E-state index in [1.54, 1.807) is 6.20 Å². The zero-order valence-electron chi connectivity index (χ0n) is 11.9. The number of aliphatic imine (C=N–C) groups is 1. The number of benzene rings is 1. The van der Waals surface area contributed by atoms with Crippen LogP contribution in [0.4, 0.5) is 0 Å². The van der Waals surface area contributed by atoms with Gasteiger partial charge >= 0.3 is 0 Å². The standard InChI is InChI=1S/C16H12BrN5/c1-10-20-21-15-9-19-16(13-4-2-3-7-18-13)12-8-11(17)5-6-14(12)22(10)15/h2-8H,9H2,1H3. The molecule has 0 saturated heterocycles. The van der Waals surface area contributed by atoms with Crippen LogP contribution < -0.4 is 0 Å². The van der Waals surface area contributed by atoms with Crippen LogP contribution in [0.15, 0.2) is 52.1 Å². The number of halogens is 1. The molecule has 0 saturated carbocycles. The maximum absolute atomic E-state index is 4.74. The van der Waals surface area contributed by atoms with E-state index in [4.69, 9.17) is 4.99 Å². The molecule has 0 atom stereocenters. The van der Waals surface area contributed by atoms with E-state index in [2.05, 4.69) is 47.8 Å². The Kier molecular flexibility index (Phi) is 3.11. The van der Waals surface area contributed by atoms with E-state index < -0.39 is 0 Å². The predicted octanol–water partition coefficient (Wildman–Crippen LogP) is 3.08. The number of aromatic nitrogens is 4. The molecule has 0 radical (unpaired) electrons. The van der Waals surface area contributed by atoms with Crippen LogP contribution >= 0.6 is 15.9 Å². The lowest BCUT2D eigenvalue weighted by molar-refractivity contribution is 0.861. The molecule has 1 aliphatic heterocycles. The van der Waals surface area contributed by atoms with Crippen molar-refractivity contribution in [2.45, 2.75) is 13.5 Å². The predicted molar refractivity (Wildman–Crippen MR) is 87.4 cm³/mol. The summed E-state index contributed by atoms with van der Waals surface area (Å²) < 4.78 is 3.06. The lowest BCUT2D eigenvalue weighted by atomic mass is 10.0. The molecule has 0 spiro atoms. The summed E-state index contributed by atoms with van der Waals surface area (Å²) in [6.45, 7) is 2.44. The first-order chi connectivity index (χ1) is 10.7. The normalized spacial score (nSPS) is 13.1. The van der Waals surface area contributed by atoms with Crippen molar-refractivity contribution in [1.29, 1.82) is 0 Å². The van der Waals surface area contributed by atoms with Gasteiger partial charge in [0.2, 0.25) is 0 Å². The van der Waals surface area contributed by atoms with Gasteiger partial charge in [-0.25, -0.2) is 0 Å². The van der Waals surface area contributed by atoms with E-state index in [0.29, 0.717) is 6.54 Å². The van der Waals surface area contributed by atoms with Gasteiger partial charge in [-0.05, 0) is 37.3 Å². The highest BCUT2D eigenvalue weighted by Crippen LogP contribution is 2.27. The van der Waals surface area contributed by atoms with Gasteiger partial charge in [-0.15, -0.1) is 10.2 Å². The summed E-state index contributed by atoms with van der Waals surface area (Å²) in [4.78, 5) is 9.19. The molecule has 5 nitrogen and oxygen atoms in total. The highest BCUT2D eigenvalue weighted by Gasteiger charge is 2.22. The zero-order chi connectivity index (χ0) is 15.1. The van der Waals surface area contributed by atoms with E-state index in [1.807, 2.05) is 31.2 Å². The molecule has 0 fully saturated rings. The monoisotopic (exact) mass is 353 g/mol. The second-order valence-electron chi connectivity index (χ2n) is 5.04. The molecule has 0 N–H and O–H groups in total. The summed E-state index contributed by atoms with van der Waals surface area (Å²) in [7, 11) is 0. The van der Waals surface area contributed by atoms with E-state index in [-0.39, 0.29) is 0 Å². The molecule has 0 amide bonds. The van der Waals surface area contributed by atoms with E-state index in [1.165, 1.54) is 0 Å². The number of hydrogen-bond acceptors (Lipinski definition) is 4. The third-order valence-electron chi connectivity index (χ3n) is 3.63. The van der Waals surface area contributed by atoms with Crippen LogP contribution in [0.5, 0.6) is 0 Å². The largest absolute Gasteiger partial charge is 0.281 e. The van der Waals surface area contributed by atoms with Crippen LogP contribution in [0.3, 0.4) is 0 Å². The van der Waals surface area contributed by atoms with Crippen molar-refractivity contribution in [3.8, 4) is 5.69 Å². The average molecular weight is 354 g/mol. The Hall–Kier alpha value is -2.34.